The van der Waals surface area contributed by atoms with E-state index in [1.165, 1.54) is 11.3 Å². The van der Waals surface area contributed by atoms with E-state index in [1.54, 1.807) is 11.8 Å². The third kappa shape index (κ3) is 6.42. The topological polar surface area (TPSA) is 117 Å². The van der Waals surface area contributed by atoms with E-state index in [2.05, 4.69) is 20.5 Å². The van der Waals surface area contributed by atoms with E-state index in [0.29, 0.717) is 11.4 Å². The summed E-state index contributed by atoms with van der Waals surface area (Å²) >= 11 is 3.05. The van der Waals surface area contributed by atoms with Gasteiger partial charge in [0.05, 0.1) is 5.69 Å². The molecule has 2 rings (SSSR count). The Kier molecular flexibility index (Phi) is 9.34. The summed E-state index contributed by atoms with van der Waals surface area (Å²) in [6.07, 6.45) is 3.48. The zero-order valence-corrected chi connectivity index (χ0v) is 17.2. The lowest BCUT2D eigenvalue weighted by atomic mass is 10.2. The molecule has 3 amide bonds. The summed E-state index contributed by atoms with van der Waals surface area (Å²) in [5, 5.41) is 5.78. The average Bonchev–Trinajstić information content (AvgIpc) is 2.99. The molecule has 0 fully saturated rings. The second-order valence-corrected chi connectivity index (χ2v) is 7.97. The van der Waals surface area contributed by atoms with Crippen molar-refractivity contribution in [2.24, 2.45) is 5.73 Å². The van der Waals surface area contributed by atoms with E-state index in [0.717, 1.165) is 35.8 Å². The number of nitrogens with two attached hydrogens (primary N) is 1. The number of nitrogens with one attached hydrogen (secondary N) is 2. The van der Waals surface area contributed by atoms with Crippen molar-refractivity contribution in [3.05, 3.63) is 15.6 Å². The summed E-state index contributed by atoms with van der Waals surface area (Å²) < 4.78 is 0. The zero-order valence-electron chi connectivity index (χ0n) is 14.7. The van der Waals surface area contributed by atoms with E-state index in [4.69, 9.17) is 5.73 Å². The summed E-state index contributed by atoms with van der Waals surface area (Å²) in [6, 6.07) is -0.285. The zero-order chi connectivity index (χ0) is 18.4. The molecule has 11 heteroatoms. The van der Waals surface area contributed by atoms with Gasteiger partial charge in [-0.25, -0.2) is 4.98 Å². The Bertz CT molecular complexity index is 655. The molecule has 0 aromatic carbocycles. The molecule has 146 valence electrons. The van der Waals surface area contributed by atoms with Gasteiger partial charge in [-0.15, -0.1) is 23.7 Å². The number of thioether (sulfide) groups is 1. The number of thiazole rings is 1. The first kappa shape index (κ1) is 22.7. The van der Waals surface area contributed by atoms with Crippen LogP contribution >= 0.6 is 35.5 Å². The summed E-state index contributed by atoms with van der Waals surface area (Å²) in [6.45, 7) is 1.90. The van der Waals surface area contributed by atoms with Gasteiger partial charge in [0.1, 0.15) is 0 Å². The third-order valence-electron chi connectivity index (χ3n) is 3.85. The second kappa shape index (κ2) is 10.7. The molecule has 0 spiro atoms. The van der Waals surface area contributed by atoms with Crippen LogP contribution in [0.2, 0.25) is 0 Å². The van der Waals surface area contributed by atoms with Crippen molar-refractivity contribution in [2.45, 2.75) is 25.4 Å². The third-order valence-corrected chi connectivity index (χ3v) is 5.58. The molecule has 0 aliphatic carbocycles. The van der Waals surface area contributed by atoms with Gasteiger partial charge in [0.25, 0.3) is 5.91 Å². The fraction of sp³-hybridized carbons (Fsp3) is 0.600. The lowest BCUT2D eigenvalue weighted by molar-refractivity contribution is -0.137. The normalized spacial score (nSPS) is 14.7. The van der Waals surface area contributed by atoms with Crippen LogP contribution in [0.3, 0.4) is 0 Å². The van der Waals surface area contributed by atoms with Gasteiger partial charge < -0.3 is 21.3 Å². The molecule has 1 aromatic heterocycles. The molecule has 1 aromatic rings. The van der Waals surface area contributed by atoms with Crippen LogP contribution in [0.15, 0.2) is 0 Å². The van der Waals surface area contributed by atoms with Gasteiger partial charge >= 0.3 is 11.8 Å². The molecule has 4 N–H and O–H groups in total. The van der Waals surface area contributed by atoms with Crippen LogP contribution in [0.1, 0.15) is 26.8 Å². The van der Waals surface area contributed by atoms with Crippen molar-refractivity contribution in [3.8, 4) is 0 Å². The van der Waals surface area contributed by atoms with Crippen LogP contribution in [0.5, 0.6) is 0 Å². The first-order valence-electron chi connectivity index (χ1n) is 7.95. The predicted octanol–water partition coefficient (Wildman–Crippen LogP) is 0.00580. The maximum Gasteiger partial charge on any atom is 0.309 e. The number of rotatable bonds is 7. The highest BCUT2D eigenvalue weighted by molar-refractivity contribution is 7.98. The molecule has 0 radical (unpaired) electrons. The van der Waals surface area contributed by atoms with Crippen molar-refractivity contribution >= 4 is 53.2 Å². The number of nitrogens with zero attached hydrogens (tertiary/aromatic N) is 2. The molecular weight excluding hydrogens is 398 g/mol. The van der Waals surface area contributed by atoms with Crippen molar-refractivity contribution in [2.75, 3.05) is 32.1 Å². The van der Waals surface area contributed by atoms with E-state index >= 15 is 0 Å². The number of hydrogen-bond acceptors (Lipinski definition) is 7. The van der Waals surface area contributed by atoms with Crippen LogP contribution in [0.4, 0.5) is 0 Å². The molecule has 26 heavy (non-hydrogen) atoms. The molecule has 2 heterocycles. The van der Waals surface area contributed by atoms with Crippen molar-refractivity contribution in [1.82, 2.24) is 20.5 Å². The molecule has 1 aliphatic rings. The van der Waals surface area contributed by atoms with E-state index in [9.17, 15) is 14.4 Å². The van der Waals surface area contributed by atoms with Crippen LogP contribution in [0.25, 0.3) is 0 Å². The molecule has 1 atom stereocenters. The van der Waals surface area contributed by atoms with E-state index < -0.39 is 11.8 Å². The maximum atomic E-state index is 12.5. The van der Waals surface area contributed by atoms with Crippen molar-refractivity contribution < 1.29 is 14.4 Å². The van der Waals surface area contributed by atoms with E-state index in [-0.39, 0.29) is 30.9 Å². The number of carbonyl (C=O) groups excluding carboxylic acids is 3. The Balaban J connectivity index is 0.00000338. The summed E-state index contributed by atoms with van der Waals surface area (Å²) in [5.74, 6) is -1.32. The number of aromatic nitrogens is 1. The molecule has 1 aliphatic heterocycles. The van der Waals surface area contributed by atoms with Crippen LogP contribution < -0.4 is 16.4 Å². The number of likely N-dealkylation sites (N-methyl/N-ethyl adjacent to an activating group) is 1. The van der Waals surface area contributed by atoms with Gasteiger partial charge in [0, 0.05) is 37.0 Å². The standard InChI is InChI=1S/C15H23N5O3S2.ClH/c1-20-5-3-10-11(8-20)25-15(19-10)14(23)18-9(4-6-24-2)7-17-13(22)12(16)21;/h9H,3-8H2,1-2H3,(H2,16,21)(H,17,22)(H,18,23);1H/t9-;/m1./s1. The monoisotopic (exact) mass is 421 g/mol. The van der Waals surface area contributed by atoms with Gasteiger partial charge in [0.2, 0.25) is 0 Å². The van der Waals surface area contributed by atoms with Crippen molar-refractivity contribution in [1.29, 1.82) is 0 Å². The lowest BCUT2D eigenvalue weighted by Crippen LogP contribution is -2.46. The largest absolute Gasteiger partial charge is 0.361 e. The first-order valence-corrected chi connectivity index (χ1v) is 10.2. The Morgan fingerprint density at radius 2 is 2.15 bits per heavy atom. The number of fused-ring (bicyclic) bond motifs is 1. The van der Waals surface area contributed by atoms with Crippen molar-refractivity contribution in [3.63, 3.8) is 0 Å². The highest BCUT2D eigenvalue weighted by Crippen LogP contribution is 2.24. The number of hydrogen-bond donors (Lipinski definition) is 3. The summed E-state index contributed by atoms with van der Waals surface area (Å²) in [4.78, 5) is 42.4. The lowest BCUT2D eigenvalue weighted by Gasteiger charge is -2.20. The van der Waals surface area contributed by atoms with Crippen LogP contribution in [-0.4, -0.2) is 65.8 Å². The Morgan fingerprint density at radius 3 is 2.81 bits per heavy atom. The van der Waals surface area contributed by atoms with Gasteiger partial charge in [-0.1, -0.05) is 0 Å². The maximum absolute atomic E-state index is 12.5. The number of primary amides is 1. The van der Waals surface area contributed by atoms with E-state index in [1.807, 2.05) is 13.3 Å². The summed E-state index contributed by atoms with van der Waals surface area (Å²) in [7, 11) is 2.04. The fourth-order valence-electron chi connectivity index (χ4n) is 2.46. The fourth-order valence-corrected chi connectivity index (χ4v) is 4.07. The van der Waals surface area contributed by atoms with Gasteiger partial charge in [0.15, 0.2) is 5.01 Å². The van der Waals surface area contributed by atoms with Crippen LogP contribution in [0, 0.1) is 0 Å². The Labute approximate surface area is 167 Å². The number of carbonyl (C=O) groups is 3. The minimum absolute atomic E-state index is 0. The summed E-state index contributed by atoms with van der Waals surface area (Å²) in [5.41, 5.74) is 5.92. The predicted molar refractivity (Wildman–Crippen MR) is 106 cm³/mol. The second-order valence-electron chi connectivity index (χ2n) is 5.90. The highest BCUT2D eigenvalue weighted by Gasteiger charge is 2.23. The highest BCUT2D eigenvalue weighted by atomic mass is 35.5. The number of halogens is 1. The average molecular weight is 422 g/mol. The number of amides is 3. The van der Waals surface area contributed by atoms with Crippen LogP contribution in [-0.2, 0) is 22.6 Å². The first-order chi connectivity index (χ1) is 11.9. The molecule has 8 nitrogen and oxygen atoms in total. The van der Waals surface area contributed by atoms with Gasteiger partial charge in [-0.3, -0.25) is 14.4 Å². The minimum atomic E-state index is -1.04. The molecule has 0 saturated carbocycles. The van der Waals surface area contributed by atoms with Gasteiger partial charge in [-0.2, -0.15) is 11.8 Å². The molecule has 0 bridgehead atoms. The molecular formula is C15H24ClN5O3S2. The Hall–Kier alpha value is -1.36. The SMILES string of the molecule is CSCC[C@H](CNC(=O)C(N)=O)NC(=O)c1nc2c(s1)CN(C)CC2.Cl. The smallest absolute Gasteiger partial charge is 0.309 e. The minimum Gasteiger partial charge on any atom is -0.361 e. The quantitative estimate of drug-likeness (QED) is 0.533. The van der Waals surface area contributed by atoms with Gasteiger partial charge in [-0.05, 0) is 25.5 Å². The molecule has 0 unspecified atom stereocenters. The molecule has 0 saturated heterocycles. The Morgan fingerprint density at radius 1 is 1.42 bits per heavy atom.